The highest BCUT2D eigenvalue weighted by Gasteiger charge is 2.29. The SMILES string of the molecule is Cc1ccccc1CN(C(=O)Cc1ccccc1[N+](=O)[O-])C(C)C(=O)NC1CCCC1. The molecule has 1 N–H and O–H groups in total. The lowest BCUT2D eigenvalue weighted by atomic mass is 10.0. The lowest BCUT2D eigenvalue weighted by Gasteiger charge is -2.30. The Bertz CT molecular complexity index is 953. The van der Waals surface area contributed by atoms with Gasteiger partial charge in [-0.25, -0.2) is 0 Å². The number of nitro benzene ring substituents is 1. The van der Waals surface area contributed by atoms with Gasteiger partial charge >= 0.3 is 0 Å². The second-order valence-corrected chi connectivity index (χ2v) is 8.18. The number of carbonyl (C=O) groups excluding carboxylic acids is 2. The number of benzene rings is 2. The Kier molecular flexibility index (Phi) is 7.39. The number of aryl methyl sites for hydroxylation is 1. The van der Waals surface area contributed by atoms with Gasteiger partial charge in [-0.05, 0) is 37.8 Å². The van der Waals surface area contributed by atoms with Crippen molar-refractivity contribution in [1.29, 1.82) is 0 Å². The quantitative estimate of drug-likeness (QED) is 0.514. The third kappa shape index (κ3) is 5.69. The van der Waals surface area contributed by atoms with Gasteiger partial charge in [0.1, 0.15) is 6.04 Å². The van der Waals surface area contributed by atoms with Crippen molar-refractivity contribution in [2.75, 3.05) is 0 Å². The van der Waals surface area contributed by atoms with Gasteiger partial charge in [0.05, 0.1) is 11.3 Å². The predicted molar refractivity (Wildman–Crippen MR) is 118 cm³/mol. The van der Waals surface area contributed by atoms with Crippen LogP contribution in [0.4, 0.5) is 5.69 Å². The molecule has 1 fully saturated rings. The molecule has 3 rings (SSSR count). The van der Waals surface area contributed by atoms with Crippen LogP contribution < -0.4 is 5.32 Å². The molecule has 0 bridgehead atoms. The molecule has 2 aromatic rings. The minimum atomic E-state index is -0.685. The van der Waals surface area contributed by atoms with E-state index in [1.807, 2.05) is 31.2 Å². The van der Waals surface area contributed by atoms with Gasteiger partial charge in [0, 0.05) is 24.2 Å². The molecule has 0 aliphatic heterocycles. The van der Waals surface area contributed by atoms with Gasteiger partial charge in [0.25, 0.3) is 5.69 Å². The molecule has 1 saturated carbocycles. The molecule has 7 nitrogen and oxygen atoms in total. The maximum atomic E-state index is 13.3. The third-order valence-corrected chi connectivity index (χ3v) is 6.00. The summed E-state index contributed by atoms with van der Waals surface area (Å²) in [6.45, 7) is 3.95. The van der Waals surface area contributed by atoms with Gasteiger partial charge in [-0.2, -0.15) is 0 Å². The van der Waals surface area contributed by atoms with Crippen LogP contribution in [0.2, 0.25) is 0 Å². The zero-order valence-electron chi connectivity index (χ0n) is 18.0. The Balaban J connectivity index is 1.84. The molecular weight excluding hydrogens is 394 g/mol. The van der Waals surface area contributed by atoms with E-state index in [0.29, 0.717) is 5.56 Å². The molecule has 0 spiro atoms. The van der Waals surface area contributed by atoms with Crippen LogP contribution in [0.1, 0.15) is 49.3 Å². The summed E-state index contributed by atoms with van der Waals surface area (Å²) in [5.74, 6) is -0.497. The third-order valence-electron chi connectivity index (χ3n) is 6.00. The molecule has 164 valence electrons. The van der Waals surface area contributed by atoms with Gasteiger partial charge in [0.15, 0.2) is 0 Å². The number of amides is 2. The predicted octanol–water partition coefficient (Wildman–Crippen LogP) is 3.92. The van der Waals surface area contributed by atoms with E-state index in [-0.39, 0.29) is 36.5 Å². The number of carbonyl (C=O) groups is 2. The van der Waals surface area contributed by atoms with Crippen molar-refractivity contribution < 1.29 is 14.5 Å². The van der Waals surface area contributed by atoms with E-state index in [4.69, 9.17) is 0 Å². The normalized spacial score (nSPS) is 14.8. The maximum Gasteiger partial charge on any atom is 0.273 e. The highest BCUT2D eigenvalue weighted by Crippen LogP contribution is 2.22. The smallest absolute Gasteiger partial charge is 0.273 e. The van der Waals surface area contributed by atoms with E-state index < -0.39 is 11.0 Å². The zero-order valence-corrected chi connectivity index (χ0v) is 18.0. The molecule has 2 aromatic carbocycles. The van der Waals surface area contributed by atoms with Crippen LogP contribution in [-0.2, 0) is 22.6 Å². The summed E-state index contributed by atoms with van der Waals surface area (Å²) in [6.07, 6.45) is 3.98. The van der Waals surface area contributed by atoms with E-state index in [2.05, 4.69) is 5.32 Å². The molecule has 1 aliphatic rings. The second-order valence-electron chi connectivity index (χ2n) is 8.18. The van der Waals surface area contributed by atoms with Crippen molar-refractivity contribution >= 4 is 17.5 Å². The first kappa shape index (κ1) is 22.5. The van der Waals surface area contributed by atoms with Crippen LogP contribution in [0.25, 0.3) is 0 Å². The molecule has 31 heavy (non-hydrogen) atoms. The molecule has 1 unspecified atom stereocenters. The topological polar surface area (TPSA) is 92.6 Å². The van der Waals surface area contributed by atoms with Crippen LogP contribution >= 0.6 is 0 Å². The first-order chi connectivity index (χ1) is 14.9. The van der Waals surface area contributed by atoms with Gasteiger partial charge in [-0.3, -0.25) is 19.7 Å². The van der Waals surface area contributed by atoms with Crippen molar-refractivity contribution in [2.45, 2.75) is 64.6 Å². The molecule has 1 aliphatic carbocycles. The van der Waals surface area contributed by atoms with Crippen molar-refractivity contribution in [1.82, 2.24) is 10.2 Å². The average molecular weight is 424 g/mol. The average Bonchev–Trinajstić information content (AvgIpc) is 3.25. The highest BCUT2D eigenvalue weighted by atomic mass is 16.6. The van der Waals surface area contributed by atoms with E-state index in [0.717, 1.165) is 36.8 Å². The summed E-state index contributed by atoms with van der Waals surface area (Å²) in [7, 11) is 0. The van der Waals surface area contributed by atoms with Crippen molar-refractivity contribution in [2.24, 2.45) is 0 Å². The summed E-state index contributed by atoms with van der Waals surface area (Å²) in [6, 6.07) is 13.4. The first-order valence-electron chi connectivity index (χ1n) is 10.7. The second kappa shape index (κ2) is 10.2. The molecule has 0 saturated heterocycles. The molecule has 2 amide bonds. The van der Waals surface area contributed by atoms with Crippen LogP contribution in [0.3, 0.4) is 0 Å². The van der Waals surface area contributed by atoms with Crippen LogP contribution in [0.5, 0.6) is 0 Å². The molecule has 0 heterocycles. The fourth-order valence-corrected chi connectivity index (χ4v) is 4.05. The molecule has 0 aromatic heterocycles. The van der Waals surface area contributed by atoms with E-state index in [9.17, 15) is 19.7 Å². The minimum Gasteiger partial charge on any atom is -0.352 e. The lowest BCUT2D eigenvalue weighted by Crippen LogP contribution is -2.50. The number of nitro groups is 1. The minimum absolute atomic E-state index is 0.0882. The van der Waals surface area contributed by atoms with Crippen molar-refractivity contribution in [3.8, 4) is 0 Å². The molecular formula is C24H29N3O4. The van der Waals surface area contributed by atoms with Gasteiger partial charge in [0.2, 0.25) is 11.8 Å². The summed E-state index contributed by atoms with van der Waals surface area (Å²) < 4.78 is 0. The van der Waals surface area contributed by atoms with Gasteiger partial charge < -0.3 is 10.2 Å². The zero-order chi connectivity index (χ0) is 22.4. The number of para-hydroxylation sites is 1. The van der Waals surface area contributed by atoms with Gasteiger partial charge in [-0.1, -0.05) is 55.3 Å². The van der Waals surface area contributed by atoms with E-state index in [1.54, 1.807) is 25.1 Å². The summed E-state index contributed by atoms with van der Waals surface area (Å²) in [4.78, 5) is 38.7. The van der Waals surface area contributed by atoms with Crippen LogP contribution in [-0.4, -0.2) is 33.7 Å². The first-order valence-corrected chi connectivity index (χ1v) is 10.7. The van der Waals surface area contributed by atoms with Gasteiger partial charge in [-0.15, -0.1) is 0 Å². The Hall–Kier alpha value is -3.22. The largest absolute Gasteiger partial charge is 0.352 e. The summed E-state index contributed by atoms with van der Waals surface area (Å²) in [5, 5.41) is 14.4. The number of hydrogen-bond acceptors (Lipinski definition) is 4. The monoisotopic (exact) mass is 423 g/mol. The Morgan fingerprint density at radius 2 is 1.71 bits per heavy atom. The summed E-state index contributed by atoms with van der Waals surface area (Å²) >= 11 is 0. The molecule has 0 radical (unpaired) electrons. The number of rotatable bonds is 8. The number of nitrogens with zero attached hydrogens (tertiary/aromatic N) is 2. The summed E-state index contributed by atoms with van der Waals surface area (Å²) in [5.41, 5.74) is 2.22. The van der Waals surface area contributed by atoms with Crippen LogP contribution in [0, 0.1) is 17.0 Å². The fourth-order valence-electron chi connectivity index (χ4n) is 4.05. The Morgan fingerprint density at radius 3 is 2.35 bits per heavy atom. The molecule has 1 atom stereocenters. The van der Waals surface area contributed by atoms with E-state index >= 15 is 0 Å². The Labute approximate surface area is 182 Å². The lowest BCUT2D eigenvalue weighted by molar-refractivity contribution is -0.385. The fraction of sp³-hybridized carbons (Fsp3) is 0.417. The van der Waals surface area contributed by atoms with E-state index in [1.165, 1.54) is 11.0 Å². The van der Waals surface area contributed by atoms with Crippen LogP contribution in [0.15, 0.2) is 48.5 Å². The standard InChI is InChI=1S/C24H29N3O4/c1-17-9-3-4-11-20(17)16-26(18(2)24(29)25-21-12-6-7-13-21)23(28)15-19-10-5-8-14-22(19)27(30)31/h3-5,8-11,14,18,21H,6-7,12-13,15-16H2,1-2H3,(H,25,29). The maximum absolute atomic E-state index is 13.3. The Morgan fingerprint density at radius 1 is 1.10 bits per heavy atom. The number of nitrogens with one attached hydrogen (secondary N) is 1. The highest BCUT2D eigenvalue weighted by molar-refractivity contribution is 5.88. The van der Waals surface area contributed by atoms with Crippen molar-refractivity contribution in [3.05, 3.63) is 75.3 Å². The van der Waals surface area contributed by atoms with Crippen molar-refractivity contribution in [3.63, 3.8) is 0 Å². The number of hydrogen-bond donors (Lipinski definition) is 1. The molecule has 7 heteroatoms.